The molecule has 4 atom stereocenters. The first-order valence-corrected chi connectivity index (χ1v) is 13.7. The van der Waals surface area contributed by atoms with Crippen molar-refractivity contribution < 1.29 is 23.7 Å². The molecule has 0 spiro atoms. The molecule has 1 aromatic heterocycles. The fourth-order valence-electron chi connectivity index (χ4n) is 4.13. The molecule has 0 amide bonds. The van der Waals surface area contributed by atoms with Crippen LogP contribution < -0.4 is 11.2 Å². The maximum absolute atomic E-state index is 12.6. The van der Waals surface area contributed by atoms with Gasteiger partial charge in [0.15, 0.2) is 20.3 Å². The SMILES string of the molecule is CC(C)C(C)(C)[Si](C)(C)OC[C@H]1O[C@@H](n2c(CO)cc(=O)[nH]c2=O)[C@@H]2OC(C)(C)O[C@@H]21. The second kappa shape index (κ2) is 8.24. The summed E-state index contributed by atoms with van der Waals surface area (Å²) in [7, 11) is -2.11. The highest BCUT2D eigenvalue weighted by atomic mass is 28.4. The van der Waals surface area contributed by atoms with Gasteiger partial charge in [-0.3, -0.25) is 14.3 Å². The molecule has 0 saturated carbocycles. The third-order valence-corrected chi connectivity index (χ3v) is 11.8. The van der Waals surface area contributed by atoms with Gasteiger partial charge in [0.05, 0.1) is 18.9 Å². The van der Waals surface area contributed by atoms with Crippen molar-refractivity contribution in [2.24, 2.45) is 5.92 Å². The standard InChI is InChI=1S/C21H36N2O7Si/c1-12(2)20(3,4)31(7,8)27-11-14-16-17(30-21(5,6)29-16)18(28-14)23-13(10-24)9-15(25)22-19(23)26/h9,12,14,16-18,24H,10-11H2,1-8H3,(H,22,25,26)/t14-,16-,17-,18-/m1/s1. The molecule has 0 unspecified atom stereocenters. The molecule has 0 aromatic carbocycles. The average Bonchev–Trinajstić information content (AvgIpc) is 3.12. The highest BCUT2D eigenvalue weighted by molar-refractivity contribution is 6.74. The molecule has 10 heteroatoms. The molecule has 176 valence electrons. The lowest BCUT2D eigenvalue weighted by Gasteiger charge is -2.43. The molecule has 31 heavy (non-hydrogen) atoms. The maximum atomic E-state index is 12.6. The van der Waals surface area contributed by atoms with Crippen LogP contribution in [-0.4, -0.2) is 53.7 Å². The van der Waals surface area contributed by atoms with Crippen LogP contribution in [-0.2, 0) is 25.2 Å². The van der Waals surface area contributed by atoms with E-state index >= 15 is 0 Å². The first kappa shape index (κ1) is 24.3. The minimum atomic E-state index is -2.11. The van der Waals surface area contributed by atoms with Crippen molar-refractivity contribution in [2.75, 3.05) is 6.61 Å². The van der Waals surface area contributed by atoms with Gasteiger partial charge in [-0.15, -0.1) is 0 Å². The summed E-state index contributed by atoms with van der Waals surface area (Å²) in [5.74, 6) is -0.402. The van der Waals surface area contributed by atoms with Crippen LogP contribution in [0, 0.1) is 5.92 Å². The summed E-state index contributed by atoms with van der Waals surface area (Å²) in [6.45, 7) is 16.7. The van der Waals surface area contributed by atoms with E-state index < -0.39 is 56.5 Å². The first-order valence-electron chi connectivity index (χ1n) is 10.8. The van der Waals surface area contributed by atoms with Crippen LogP contribution in [0.25, 0.3) is 0 Å². The quantitative estimate of drug-likeness (QED) is 0.604. The Bertz CT molecular complexity index is 921. The molecule has 3 rings (SSSR count). The number of aromatic nitrogens is 2. The third kappa shape index (κ3) is 4.46. The number of rotatable bonds is 7. The number of nitrogens with one attached hydrogen (secondary N) is 1. The van der Waals surface area contributed by atoms with Gasteiger partial charge in [-0.1, -0.05) is 27.7 Å². The summed E-state index contributed by atoms with van der Waals surface area (Å²) in [4.78, 5) is 26.5. The number of aromatic amines is 1. The molecular formula is C21H36N2O7Si. The highest BCUT2D eigenvalue weighted by Gasteiger charge is 2.57. The van der Waals surface area contributed by atoms with Gasteiger partial charge in [-0.25, -0.2) is 4.79 Å². The number of hydrogen-bond acceptors (Lipinski definition) is 7. The smallest absolute Gasteiger partial charge is 0.330 e. The minimum Gasteiger partial charge on any atom is -0.414 e. The van der Waals surface area contributed by atoms with Crippen molar-refractivity contribution in [2.45, 2.75) is 96.6 Å². The lowest BCUT2D eigenvalue weighted by Crippen LogP contribution is -2.47. The van der Waals surface area contributed by atoms with Crippen molar-refractivity contribution in [1.82, 2.24) is 9.55 Å². The monoisotopic (exact) mass is 456 g/mol. The molecule has 9 nitrogen and oxygen atoms in total. The van der Waals surface area contributed by atoms with E-state index in [9.17, 15) is 14.7 Å². The zero-order valence-electron chi connectivity index (χ0n) is 19.7. The molecule has 2 fully saturated rings. The van der Waals surface area contributed by atoms with Crippen LogP contribution in [0.2, 0.25) is 18.1 Å². The van der Waals surface area contributed by atoms with E-state index in [1.165, 1.54) is 10.6 Å². The summed E-state index contributed by atoms with van der Waals surface area (Å²) < 4.78 is 26.1. The number of hydrogen-bond donors (Lipinski definition) is 2. The van der Waals surface area contributed by atoms with Crippen molar-refractivity contribution >= 4 is 8.32 Å². The summed E-state index contributed by atoms with van der Waals surface area (Å²) in [5.41, 5.74) is -1.08. The number of H-pyrrole nitrogens is 1. The minimum absolute atomic E-state index is 0.0383. The molecular weight excluding hydrogens is 420 g/mol. The molecule has 3 heterocycles. The molecule has 2 aliphatic heterocycles. The van der Waals surface area contributed by atoms with Gasteiger partial charge in [-0.05, 0) is 37.9 Å². The Kier molecular flexibility index (Phi) is 6.47. The number of aliphatic hydroxyl groups is 1. The summed E-state index contributed by atoms with van der Waals surface area (Å²) in [6, 6.07) is 1.19. The summed E-state index contributed by atoms with van der Waals surface area (Å²) in [6.07, 6.45) is -2.34. The molecule has 2 aliphatic rings. The van der Waals surface area contributed by atoms with Gasteiger partial charge >= 0.3 is 5.69 Å². The van der Waals surface area contributed by atoms with Gasteiger partial charge in [0.25, 0.3) is 5.56 Å². The van der Waals surface area contributed by atoms with Crippen molar-refractivity contribution in [1.29, 1.82) is 0 Å². The van der Waals surface area contributed by atoms with Crippen LogP contribution >= 0.6 is 0 Å². The van der Waals surface area contributed by atoms with Crippen LogP contribution in [0.1, 0.15) is 53.5 Å². The topological polar surface area (TPSA) is 112 Å². The molecule has 0 aliphatic carbocycles. The zero-order valence-corrected chi connectivity index (χ0v) is 20.7. The molecule has 0 radical (unpaired) electrons. The second-order valence-corrected chi connectivity index (χ2v) is 14.9. The summed E-state index contributed by atoms with van der Waals surface area (Å²) in [5, 5.41) is 9.77. The Hall–Kier alpha value is -1.30. The van der Waals surface area contributed by atoms with Gasteiger partial charge in [-0.2, -0.15) is 0 Å². The van der Waals surface area contributed by atoms with Crippen LogP contribution in [0.5, 0.6) is 0 Å². The predicted molar refractivity (Wildman–Crippen MR) is 117 cm³/mol. The highest BCUT2D eigenvalue weighted by Crippen LogP contribution is 2.46. The van der Waals surface area contributed by atoms with E-state index in [-0.39, 0.29) is 10.7 Å². The first-order chi connectivity index (χ1) is 14.2. The van der Waals surface area contributed by atoms with E-state index in [1.54, 1.807) is 0 Å². The Balaban J connectivity index is 1.90. The molecule has 0 bridgehead atoms. The summed E-state index contributed by atoms with van der Waals surface area (Å²) >= 11 is 0. The molecule has 1 aromatic rings. The number of aliphatic hydroxyl groups excluding tert-OH is 1. The van der Waals surface area contributed by atoms with Crippen LogP contribution in [0.3, 0.4) is 0 Å². The maximum Gasteiger partial charge on any atom is 0.330 e. The van der Waals surface area contributed by atoms with E-state index in [1.807, 2.05) is 13.8 Å². The lowest BCUT2D eigenvalue weighted by atomic mass is 9.99. The Labute approximate surface area is 183 Å². The van der Waals surface area contributed by atoms with E-state index in [2.05, 4.69) is 45.8 Å². The van der Waals surface area contributed by atoms with Crippen molar-refractivity contribution in [3.05, 3.63) is 32.6 Å². The molecule has 2 N–H and O–H groups in total. The van der Waals surface area contributed by atoms with E-state index in [0.717, 1.165) is 0 Å². The Morgan fingerprint density at radius 2 is 1.87 bits per heavy atom. The number of ether oxygens (including phenoxy) is 3. The van der Waals surface area contributed by atoms with Gasteiger partial charge in [0.1, 0.15) is 18.3 Å². The zero-order chi connectivity index (χ0) is 23.4. The number of nitrogens with zero attached hydrogens (tertiary/aromatic N) is 1. The lowest BCUT2D eigenvalue weighted by molar-refractivity contribution is -0.200. The Morgan fingerprint density at radius 3 is 2.45 bits per heavy atom. The van der Waals surface area contributed by atoms with Crippen LogP contribution in [0.4, 0.5) is 0 Å². The molecule has 2 saturated heterocycles. The van der Waals surface area contributed by atoms with E-state index in [4.69, 9.17) is 18.6 Å². The second-order valence-electron chi connectivity index (χ2n) is 10.3. The van der Waals surface area contributed by atoms with Crippen LogP contribution in [0.15, 0.2) is 15.7 Å². The largest absolute Gasteiger partial charge is 0.414 e. The number of fused-ring (bicyclic) bond motifs is 1. The van der Waals surface area contributed by atoms with E-state index in [0.29, 0.717) is 12.5 Å². The third-order valence-electron chi connectivity index (χ3n) is 7.20. The fourth-order valence-corrected chi connectivity index (χ4v) is 6.47. The van der Waals surface area contributed by atoms with Gasteiger partial charge in [0.2, 0.25) is 0 Å². The predicted octanol–water partition coefficient (Wildman–Crippen LogP) is 2.10. The van der Waals surface area contributed by atoms with Crippen molar-refractivity contribution in [3.8, 4) is 0 Å². The Morgan fingerprint density at radius 1 is 1.26 bits per heavy atom. The van der Waals surface area contributed by atoms with Gasteiger partial charge in [0, 0.05) is 6.07 Å². The van der Waals surface area contributed by atoms with Gasteiger partial charge < -0.3 is 23.7 Å². The fraction of sp³-hybridized carbons (Fsp3) is 0.810. The van der Waals surface area contributed by atoms with Crippen molar-refractivity contribution in [3.63, 3.8) is 0 Å². The normalized spacial score (nSPS) is 28.3. The average molecular weight is 457 g/mol.